The number of thioether (sulfide) groups is 1. The first kappa shape index (κ1) is 29.6. The van der Waals surface area contributed by atoms with Crippen LogP contribution in [0.3, 0.4) is 0 Å². The number of rotatable bonds is 15. The number of benzene rings is 1. The van der Waals surface area contributed by atoms with E-state index in [1.807, 2.05) is 37.3 Å². The van der Waals surface area contributed by atoms with Gasteiger partial charge in [0.05, 0.1) is 30.5 Å². The fraction of sp³-hybridized carbons (Fsp3) is 0.423. The van der Waals surface area contributed by atoms with Crippen LogP contribution in [-0.2, 0) is 33.1 Å². The number of carbonyl (C=O) groups excluding carboxylic acids is 2. The molecule has 0 aliphatic heterocycles. The molecule has 3 aromatic rings. The van der Waals surface area contributed by atoms with Gasteiger partial charge >= 0.3 is 5.97 Å². The molecule has 0 radical (unpaired) electrons. The minimum Gasteiger partial charge on any atom is -0.481 e. The molecule has 0 bridgehead atoms. The fourth-order valence-corrected chi connectivity index (χ4v) is 4.73. The summed E-state index contributed by atoms with van der Waals surface area (Å²) in [6, 6.07) is 7.35. The van der Waals surface area contributed by atoms with Gasteiger partial charge in [0.25, 0.3) is 5.56 Å². The van der Waals surface area contributed by atoms with Gasteiger partial charge < -0.3 is 15.7 Å². The number of carbonyl (C=O) groups is 3. The van der Waals surface area contributed by atoms with Crippen molar-refractivity contribution in [1.29, 1.82) is 0 Å². The Labute approximate surface area is 229 Å². The maximum atomic E-state index is 13.3. The van der Waals surface area contributed by atoms with Crippen LogP contribution in [0.4, 0.5) is 5.82 Å². The molecule has 13 heteroatoms. The minimum atomic E-state index is -1.23. The highest BCUT2D eigenvalue weighted by Gasteiger charge is 2.28. The van der Waals surface area contributed by atoms with Crippen molar-refractivity contribution < 1.29 is 24.1 Å². The Hall–Kier alpha value is -4.00. The molecule has 0 fully saturated rings. The van der Waals surface area contributed by atoms with Crippen LogP contribution in [0.5, 0.6) is 0 Å². The van der Waals surface area contributed by atoms with Crippen LogP contribution in [-0.4, -0.2) is 54.4 Å². The molecular weight excluding hydrogens is 524 g/mol. The van der Waals surface area contributed by atoms with Crippen molar-refractivity contribution in [3.05, 3.63) is 69.5 Å². The molecule has 1 aromatic carbocycles. The van der Waals surface area contributed by atoms with Gasteiger partial charge in [-0.1, -0.05) is 54.5 Å². The van der Waals surface area contributed by atoms with Gasteiger partial charge in [-0.2, -0.15) is 0 Å². The maximum absolute atomic E-state index is 13.3. The van der Waals surface area contributed by atoms with Gasteiger partial charge in [0, 0.05) is 11.9 Å². The van der Waals surface area contributed by atoms with Gasteiger partial charge in [-0.15, -0.1) is 11.8 Å². The molecule has 3 rings (SSSR count). The lowest BCUT2D eigenvalue weighted by Crippen LogP contribution is -2.47. The summed E-state index contributed by atoms with van der Waals surface area (Å²) >= 11 is 1.34. The second kappa shape index (κ2) is 14.2. The third kappa shape index (κ3) is 8.24. The van der Waals surface area contributed by atoms with Gasteiger partial charge in [-0.05, 0) is 25.3 Å². The number of Topliss-reactive ketones (excluding diaryl/α,β-unsaturated/α-hetero) is 1. The quantitative estimate of drug-likeness (QED) is 0.251. The molecule has 2 atom stereocenters. The van der Waals surface area contributed by atoms with Crippen molar-refractivity contribution in [2.75, 3.05) is 11.1 Å². The third-order valence-corrected chi connectivity index (χ3v) is 7.00. The zero-order valence-corrected chi connectivity index (χ0v) is 22.9. The van der Waals surface area contributed by atoms with E-state index in [1.165, 1.54) is 22.5 Å². The highest BCUT2D eigenvalue weighted by molar-refractivity contribution is 7.99. The molecule has 1 unspecified atom stereocenters. The molecule has 0 aliphatic carbocycles. The first-order chi connectivity index (χ1) is 18.7. The van der Waals surface area contributed by atoms with Crippen LogP contribution in [0, 0.1) is 6.92 Å². The average Bonchev–Trinajstić information content (AvgIpc) is 3.33. The second-order valence-electron chi connectivity index (χ2n) is 8.82. The lowest BCUT2D eigenvalue weighted by molar-refractivity contribution is -0.140. The number of aliphatic carboxylic acids is 1. The Balaban J connectivity index is 1.76. The Morgan fingerprint density at radius 1 is 1.15 bits per heavy atom. The molecule has 39 heavy (non-hydrogen) atoms. The second-order valence-corrected chi connectivity index (χ2v) is 9.81. The number of aromatic nitrogens is 4. The summed E-state index contributed by atoms with van der Waals surface area (Å²) < 4.78 is 5.95. The summed E-state index contributed by atoms with van der Waals surface area (Å²) in [6.45, 7) is 5.45. The zero-order valence-electron chi connectivity index (χ0n) is 22.0. The smallest absolute Gasteiger partial charge is 0.305 e. The van der Waals surface area contributed by atoms with Crippen LogP contribution in [0.1, 0.15) is 55.4 Å². The monoisotopic (exact) mass is 556 g/mol. The molecule has 0 spiro atoms. The number of ketones is 1. The molecule has 0 saturated carbocycles. The van der Waals surface area contributed by atoms with E-state index < -0.39 is 41.7 Å². The summed E-state index contributed by atoms with van der Waals surface area (Å²) in [5.74, 6) is -1.61. The van der Waals surface area contributed by atoms with Crippen LogP contribution in [0.2, 0.25) is 0 Å². The number of nitrogens with zero attached hydrogens (tertiary/aromatic N) is 4. The van der Waals surface area contributed by atoms with E-state index in [0.29, 0.717) is 29.3 Å². The SMILES string of the molecule is CCc1cn(C(CC)C(=O)N[C@@H](CC(=O)O)C(=O)CSCc2ccccc2)c(=O)c(NCc2nonc2C)n1. The standard InChI is InChI=1S/C26H32N6O6S/c1-4-18-13-32(26(37)24(28-18)27-12-20-16(3)30-38-31-20)21(5-2)25(36)29-19(11-23(34)35)22(33)15-39-14-17-9-7-6-8-10-17/h6-10,13,19,21H,4-5,11-12,14-15H2,1-3H3,(H,27,28)(H,29,36)(H,34,35)/t19-,21?/m0/s1. The van der Waals surface area contributed by atoms with Gasteiger partial charge in [-0.3, -0.25) is 23.7 Å². The molecule has 1 amide bonds. The van der Waals surface area contributed by atoms with E-state index >= 15 is 0 Å². The molecule has 2 heterocycles. The first-order valence-corrected chi connectivity index (χ1v) is 13.7. The molecule has 12 nitrogen and oxygen atoms in total. The maximum Gasteiger partial charge on any atom is 0.305 e. The summed E-state index contributed by atoms with van der Waals surface area (Å²) in [5.41, 5.74) is 2.13. The van der Waals surface area contributed by atoms with Crippen LogP contribution < -0.4 is 16.2 Å². The van der Waals surface area contributed by atoms with Crippen molar-refractivity contribution in [3.8, 4) is 0 Å². The topological polar surface area (TPSA) is 169 Å². The van der Waals surface area contributed by atoms with E-state index in [2.05, 4.69) is 30.6 Å². The van der Waals surface area contributed by atoms with Crippen molar-refractivity contribution in [1.82, 2.24) is 25.2 Å². The van der Waals surface area contributed by atoms with Gasteiger partial charge in [0.15, 0.2) is 11.6 Å². The summed E-state index contributed by atoms with van der Waals surface area (Å²) in [7, 11) is 0. The fourth-order valence-electron chi connectivity index (χ4n) is 3.80. The summed E-state index contributed by atoms with van der Waals surface area (Å²) in [5, 5.41) is 22.4. The highest BCUT2D eigenvalue weighted by Crippen LogP contribution is 2.16. The normalized spacial score (nSPS) is 12.5. The van der Waals surface area contributed by atoms with Crippen molar-refractivity contribution in [2.24, 2.45) is 0 Å². The predicted molar refractivity (Wildman–Crippen MR) is 145 cm³/mol. The lowest BCUT2D eigenvalue weighted by Gasteiger charge is -2.23. The van der Waals surface area contributed by atoms with Gasteiger partial charge in [-0.25, -0.2) is 9.61 Å². The third-order valence-electron chi connectivity index (χ3n) is 5.98. The summed E-state index contributed by atoms with van der Waals surface area (Å²) in [4.78, 5) is 55.3. The van der Waals surface area contributed by atoms with Gasteiger partial charge in [0.1, 0.15) is 17.4 Å². The van der Waals surface area contributed by atoms with Crippen LogP contribution >= 0.6 is 11.8 Å². The number of anilines is 1. The molecule has 2 aromatic heterocycles. The number of nitrogens with one attached hydrogen (secondary N) is 2. The number of carboxylic acid groups (broad SMARTS) is 1. The summed E-state index contributed by atoms with van der Waals surface area (Å²) in [6.07, 6.45) is 1.67. The number of amides is 1. The molecule has 3 N–H and O–H groups in total. The minimum absolute atomic E-state index is 0.0264. The molecule has 0 aliphatic rings. The first-order valence-electron chi connectivity index (χ1n) is 12.5. The highest BCUT2D eigenvalue weighted by atomic mass is 32.2. The van der Waals surface area contributed by atoms with E-state index in [1.54, 1.807) is 13.8 Å². The largest absolute Gasteiger partial charge is 0.481 e. The van der Waals surface area contributed by atoms with E-state index in [0.717, 1.165) is 5.56 Å². The van der Waals surface area contributed by atoms with Crippen LogP contribution in [0.15, 0.2) is 46.0 Å². The van der Waals surface area contributed by atoms with Crippen molar-refractivity contribution >= 4 is 35.2 Å². The number of aryl methyl sites for hydroxylation is 2. The number of hydrogen-bond acceptors (Lipinski definition) is 10. The van der Waals surface area contributed by atoms with E-state index in [-0.39, 0.29) is 24.5 Å². The lowest BCUT2D eigenvalue weighted by atomic mass is 10.1. The zero-order chi connectivity index (χ0) is 28.4. The Kier molecular flexibility index (Phi) is 10.8. The molecule has 0 saturated heterocycles. The van der Waals surface area contributed by atoms with E-state index in [4.69, 9.17) is 0 Å². The Bertz CT molecular complexity index is 1340. The average molecular weight is 557 g/mol. The van der Waals surface area contributed by atoms with Crippen molar-refractivity contribution in [2.45, 2.75) is 64.4 Å². The number of carboxylic acids is 1. The Morgan fingerprint density at radius 3 is 2.51 bits per heavy atom. The predicted octanol–water partition coefficient (Wildman–Crippen LogP) is 2.52. The molecule has 208 valence electrons. The number of hydrogen-bond donors (Lipinski definition) is 3. The van der Waals surface area contributed by atoms with Crippen LogP contribution in [0.25, 0.3) is 0 Å². The van der Waals surface area contributed by atoms with E-state index in [9.17, 15) is 24.3 Å². The van der Waals surface area contributed by atoms with Crippen molar-refractivity contribution in [3.63, 3.8) is 0 Å². The molecular formula is C26H32N6O6S. The Morgan fingerprint density at radius 2 is 1.90 bits per heavy atom. The van der Waals surface area contributed by atoms with Gasteiger partial charge in [0.2, 0.25) is 5.91 Å².